The lowest BCUT2D eigenvalue weighted by atomic mass is 10.2. The number of hydrogen-bond acceptors (Lipinski definition) is 4. The number of unbranched alkanes of at least 4 members (excludes halogenated alkanes) is 1. The Labute approximate surface area is 109 Å². The van der Waals surface area contributed by atoms with Crippen LogP contribution < -0.4 is 14.8 Å². The summed E-state index contributed by atoms with van der Waals surface area (Å²) in [6.45, 7) is 1.95. The monoisotopic (exact) mass is 272 g/mol. The van der Waals surface area contributed by atoms with Crippen LogP contribution >= 0.6 is 0 Å². The van der Waals surface area contributed by atoms with Crippen LogP contribution in [-0.4, -0.2) is 28.3 Å². The molecule has 0 aliphatic heterocycles. The summed E-state index contributed by atoms with van der Waals surface area (Å²) in [5.41, 5.74) is 6.66. The highest BCUT2D eigenvalue weighted by Gasteiger charge is 2.20. The molecule has 0 aliphatic rings. The van der Waals surface area contributed by atoms with Crippen molar-refractivity contribution in [3.8, 4) is 5.75 Å². The van der Waals surface area contributed by atoms with Crippen molar-refractivity contribution in [1.82, 2.24) is 0 Å². The van der Waals surface area contributed by atoms with Crippen LogP contribution in [0, 0.1) is 0 Å². The number of methoxy groups -OCH3 is 1. The zero-order valence-electron chi connectivity index (χ0n) is 11.0. The van der Waals surface area contributed by atoms with Crippen LogP contribution in [-0.2, 0) is 10.0 Å². The van der Waals surface area contributed by atoms with Crippen LogP contribution in [0.4, 0.5) is 11.4 Å². The van der Waals surface area contributed by atoms with Gasteiger partial charge in [-0.2, -0.15) is 0 Å². The predicted octanol–water partition coefficient (Wildman–Crippen LogP) is 1.84. The molecule has 102 valence electrons. The Hall–Kier alpha value is -1.43. The number of nitrogens with zero attached hydrogens (tertiary/aromatic N) is 1. The molecule has 5 nitrogen and oxygen atoms in total. The third-order valence-electron chi connectivity index (χ3n) is 2.72. The van der Waals surface area contributed by atoms with E-state index in [2.05, 4.69) is 0 Å². The molecule has 0 aromatic heterocycles. The highest BCUT2D eigenvalue weighted by molar-refractivity contribution is 7.92. The quantitative estimate of drug-likeness (QED) is 0.802. The lowest BCUT2D eigenvalue weighted by Gasteiger charge is -2.21. The van der Waals surface area contributed by atoms with Crippen LogP contribution in [0.3, 0.4) is 0 Å². The number of benzene rings is 1. The van der Waals surface area contributed by atoms with Crippen molar-refractivity contribution in [3.05, 3.63) is 18.2 Å². The normalized spacial score (nSPS) is 11.3. The summed E-state index contributed by atoms with van der Waals surface area (Å²) in [5.74, 6) is 0.615. The largest absolute Gasteiger partial charge is 0.495 e. The predicted molar refractivity (Wildman–Crippen MR) is 74.5 cm³/mol. The Balaban J connectivity index is 3.09. The molecule has 0 aliphatic carbocycles. The summed E-state index contributed by atoms with van der Waals surface area (Å²) in [4.78, 5) is 0. The van der Waals surface area contributed by atoms with Crippen LogP contribution in [0.25, 0.3) is 0 Å². The van der Waals surface area contributed by atoms with Crippen molar-refractivity contribution < 1.29 is 13.2 Å². The maximum atomic E-state index is 12.1. The van der Waals surface area contributed by atoms with Crippen LogP contribution in [0.1, 0.15) is 19.8 Å². The van der Waals surface area contributed by atoms with E-state index in [-0.39, 0.29) is 5.75 Å². The molecule has 0 atom stereocenters. The molecule has 0 spiro atoms. The van der Waals surface area contributed by atoms with Gasteiger partial charge in [-0.15, -0.1) is 0 Å². The number of rotatable bonds is 6. The maximum absolute atomic E-state index is 12.1. The first-order chi connectivity index (χ1) is 8.42. The Bertz CT molecular complexity index is 500. The minimum Gasteiger partial charge on any atom is -0.495 e. The number of anilines is 2. The van der Waals surface area contributed by atoms with Gasteiger partial charge in [0.2, 0.25) is 10.0 Å². The fraction of sp³-hybridized carbons (Fsp3) is 0.500. The Kier molecular flexibility index (Phi) is 4.84. The van der Waals surface area contributed by atoms with E-state index in [1.54, 1.807) is 18.2 Å². The molecule has 0 saturated heterocycles. The third-order valence-corrected chi connectivity index (χ3v) is 4.55. The molecule has 2 N–H and O–H groups in total. The van der Waals surface area contributed by atoms with E-state index in [1.165, 1.54) is 18.5 Å². The number of hydrogen-bond donors (Lipinski definition) is 1. The molecular formula is C12H20N2O3S. The van der Waals surface area contributed by atoms with E-state index < -0.39 is 10.0 Å². The highest BCUT2D eigenvalue weighted by atomic mass is 32.2. The third kappa shape index (κ3) is 3.29. The molecular weight excluding hydrogens is 252 g/mol. The molecule has 18 heavy (non-hydrogen) atoms. The standard InChI is InChI=1S/C12H20N2O3S/c1-4-5-8-18(15,16)14(2)11-9-10(13)6-7-12(11)17-3/h6-7,9H,4-5,8,13H2,1-3H3. The molecule has 0 heterocycles. The second kappa shape index (κ2) is 5.95. The topological polar surface area (TPSA) is 72.6 Å². The Morgan fingerprint density at radius 2 is 2.06 bits per heavy atom. The molecule has 0 radical (unpaired) electrons. The maximum Gasteiger partial charge on any atom is 0.235 e. The van der Waals surface area contributed by atoms with Crippen molar-refractivity contribution in [2.45, 2.75) is 19.8 Å². The van der Waals surface area contributed by atoms with Crippen molar-refractivity contribution in [1.29, 1.82) is 0 Å². The van der Waals surface area contributed by atoms with Gasteiger partial charge in [0, 0.05) is 12.7 Å². The number of nitrogen functional groups attached to an aromatic ring is 1. The molecule has 0 saturated carbocycles. The zero-order valence-corrected chi connectivity index (χ0v) is 11.8. The van der Waals surface area contributed by atoms with E-state index in [0.29, 0.717) is 23.5 Å². The van der Waals surface area contributed by atoms with E-state index in [9.17, 15) is 8.42 Å². The molecule has 0 fully saturated rings. The van der Waals surface area contributed by atoms with E-state index in [4.69, 9.17) is 10.5 Å². The van der Waals surface area contributed by atoms with Crippen LogP contribution in [0.15, 0.2) is 18.2 Å². The SMILES string of the molecule is CCCCS(=O)(=O)N(C)c1cc(N)ccc1OC. The van der Waals surface area contributed by atoms with Crippen LogP contribution in [0.5, 0.6) is 5.75 Å². The molecule has 0 unspecified atom stereocenters. The lowest BCUT2D eigenvalue weighted by Crippen LogP contribution is -2.29. The average molecular weight is 272 g/mol. The molecule has 1 rings (SSSR count). The Morgan fingerprint density at radius 3 is 2.61 bits per heavy atom. The second-order valence-electron chi connectivity index (χ2n) is 4.07. The van der Waals surface area contributed by atoms with Crippen molar-refractivity contribution >= 4 is 21.4 Å². The van der Waals surface area contributed by atoms with E-state index >= 15 is 0 Å². The van der Waals surface area contributed by atoms with Gasteiger partial charge >= 0.3 is 0 Å². The van der Waals surface area contributed by atoms with Gasteiger partial charge in [-0.3, -0.25) is 4.31 Å². The minimum absolute atomic E-state index is 0.123. The van der Waals surface area contributed by atoms with Gasteiger partial charge in [0.15, 0.2) is 0 Å². The van der Waals surface area contributed by atoms with Crippen molar-refractivity contribution in [2.24, 2.45) is 0 Å². The van der Waals surface area contributed by atoms with Crippen molar-refractivity contribution in [3.63, 3.8) is 0 Å². The first-order valence-electron chi connectivity index (χ1n) is 5.82. The van der Waals surface area contributed by atoms with E-state index in [1.807, 2.05) is 6.92 Å². The van der Waals surface area contributed by atoms with Crippen LogP contribution in [0.2, 0.25) is 0 Å². The lowest BCUT2D eigenvalue weighted by molar-refractivity contribution is 0.416. The number of nitrogens with two attached hydrogens (primary N) is 1. The second-order valence-corrected chi connectivity index (χ2v) is 6.19. The molecule has 6 heteroatoms. The van der Waals surface area contributed by atoms with Gasteiger partial charge in [-0.1, -0.05) is 13.3 Å². The average Bonchev–Trinajstić information content (AvgIpc) is 2.35. The number of ether oxygens (including phenoxy) is 1. The molecule has 1 aromatic rings. The van der Waals surface area contributed by atoms with Gasteiger partial charge < -0.3 is 10.5 Å². The molecule has 1 aromatic carbocycles. The fourth-order valence-electron chi connectivity index (χ4n) is 1.57. The van der Waals surface area contributed by atoms with Gasteiger partial charge in [0.25, 0.3) is 0 Å². The Morgan fingerprint density at radius 1 is 1.39 bits per heavy atom. The van der Waals surface area contributed by atoms with Gasteiger partial charge in [0.05, 0.1) is 18.6 Å². The van der Waals surface area contributed by atoms with E-state index in [0.717, 1.165) is 6.42 Å². The fourth-order valence-corrected chi connectivity index (χ4v) is 2.94. The summed E-state index contributed by atoms with van der Waals surface area (Å²) in [5, 5.41) is 0. The summed E-state index contributed by atoms with van der Waals surface area (Å²) in [6, 6.07) is 4.94. The molecule has 0 bridgehead atoms. The first-order valence-corrected chi connectivity index (χ1v) is 7.43. The summed E-state index contributed by atoms with van der Waals surface area (Å²) in [6.07, 6.45) is 1.47. The highest BCUT2D eigenvalue weighted by Crippen LogP contribution is 2.31. The first kappa shape index (κ1) is 14.6. The number of sulfonamides is 1. The molecule has 0 amide bonds. The van der Waals surface area contributed by atoms with Gasteiger partial charge in [-0.25, -0.2) is 8.42 Å². The van der Waals surface area contributed by atoms with Gasteiger partial charge in [-0.05, 0) is 24.6 Å². The minimum atomic E-state index is -3.33. The summed E-state index contributed by atoms with van der Waals surface area (Å²) < 4.78 is 30.6. The smallest absolute Gasteiger partial charge is 0.235 e. The summed E-state index contributed by atoms with van der Waals surface area (Å²) >= 11 is 0. The summed E-state index contributed by atoms with van der Waals surface area (Å²) in [7, 11) is -0.309. The van der Waals surface area contributed by atoms with Crippen molar-refractivity contribution in [2.75, 3.05) is 29.9 Å². The van der Waals surface area contributed by atoms with Gasteiger partial charge in [0.1, 0.15) is 5.75 Å². The zero-order chi connectivity index (χ0) is 13.8.